The van der Waals surface area contributed by atoms with Crippen LogP contribution in [-0.2, 0) is 13.1 Å². The lowest BCUT2D eigenvalue weighted by molar-refractivity contribution is 0.174. The summed E-state index contributed by atoms with van der Waals surface area (Å²) in [5.74, 6) is 0. The zero-order valence-electron chi connectivity index (χ0n) is 13.1. The molecule has 1 aliphatic heterocycles. The molecule has 120 valence electrons. The number of hydrogen-bond acceptors (Lipinski definition) is 3. The highest BCUT2D eigenvalue weighted by Gasteiger charge is 2.20. The molecule has 2 atom stereocenters. The zero-order chi connectivity index (χ0) is 15.9. The number of β-amino-alcohol motifs (C(OH)–C–C–N with tert-alkyl or cyclic N) is 1. The molecule has 1 aliphatic rings. The molecule has 1 aromatic rings. The van der Waals surface area contributed by atoms with E-state index in [4.69, 9.17) is 0 Å². The summed E-state index contributed by atoms with van der Waals surface area (Å²) in [6.45, 7) is 8.45. The van der Waals surface area contributed by atoms with Crippen LogP contribution < -0.4 is 10.6 Å². The molecule has 1 heterocycles. The highest BCUT2D eigenvalue weighted by atomic mass is 16.3. The van der Waals surface area contributed by atoms with E-state index in [0.717, 1.165) is 31.6 Å². The van der Waals surface area contributed by atoms with Gasteiger partial charge < -0.3 is 15.7 Å². The van der Waals surface area contributed by atoms with Crippen molar-refractivity contribution in [3.63, 3.8) is 0 Å². The number of nitrogens with one attached hydrogen (secondary N) is 2. The van der Waals surface area contributed by atoms with E-state index in [0.29, 0.717) is 6.54 Å². The SMILES string of the molecule is C=C[C@@H](C)NC(=O)NCc1ccccc1CN1CC[C@@H](O)C1. The van der Waals surface area contributed by atoms with Crippen LogP contribution in [0.5, 0.6) is 0 Å². The van der Waals surface area contributed by atoms with Crippen molar-refractivity contribution in [2.24, 2.45) is 0 Å². The molecule has 0 radical (unpaired) electrons. The largest absolute Gasteiger partial charge is 0.392 e. The van der Waals surface area contributed by atoms with Crippen LogP contribution in [0.4, 0.5) is 4.79 Å². The van der Waals surface area contributed by atoms with E-state index >= 15 is 0 Å². The second kappa shape index (κ2) is 7.96. The Kier molecular flexibility index (Phi) is 5.98. The fraction of sp³-hybridized carbons (Fsp3) is 0.471. The Morgan fingerprint density at radius 2 is 2.23 bits per heavy atom. The van der Waals surface area contributed by atoms with Gasteiger partial charge in [-0.25, -0.2) is 4.79 Å². The van der Waals surface area contributed by atoms with Gasteiger partial charge in [-0.2, -0.15) is 0 Å². The third kappa shape index (κ3) is 4.86. The lowest BCUT2D eigenvalue weighted by atomic mass is 10.1. The van der Waals surface area contributed by atoms with Crippen LogP contribution in [0.15, 0.2) is 36.9 Å². The van der Waals surface area contributed by atoms with Crippen LogP contribution in [0, 0.1) is 0 Å². The average molecular weight is 303 g/mol. The van der Waals surface area contributed by atoms with Crippen molar-refractivity contribution >= 4 is 6.03 Å². The summed E-state index contributed by atoms with van der Waals surface area (Å²) in [4.78, 5) is 14.0. The lowest BCUT2D eigenvalue weighted by Crippen LogP contribution is -2.39. The number of carbonyl (C=O) groups is 1. The topological polar surface area (TPSA) is 64.6 Å². The number of nitrogens with zero attached hydrogens (tertiary/aromatic N) is 1. The highest BCUT2D eigenvalue weighted by molar-refractivity contribution is 5.74. The minimum atomic E-state index is -0.212. The van der Waals surface area contributed by atoms with Crippen molar-refractivity contribution in [1.29, 1.82) is 0 Å². The Balaban J connectivity index is 1.90. The minimum absolute atomic E-state index is 0.0543. The number of carbonyl (C=O) groups excluding carboxylic acids is 1. The van der Waals surface area contributed by atoms with Crippen molar-refractivity contribution in [2.45, 2.75) is 38.6 Å². The van der Waals surface area contributed by atoms with Gasteiger partial charge in [0, 0.05) is 32.2 Å². The van der Waals surface area contributed by atoms with E-state index in [1.54, 1.807) is 6.08 Å². The first-order valence-corrected chi connectivity index (χ1v) is 7.72. The van der Waals surface area contributed by atoms with Crippen molar-refractivity contribution in [3.05, 3.63) is 48.0 Å². The first-order chi connectivity index (χ1) is 10.6. The molecular weight excluding hydrogens is 278 g/mol. The van der Waals surface area contributed by atoms with Crippen molar-refractivity contribution in [2.75, 3.05) is 13.1 Å². The van der Waals surface area contributed by atoms with Crippen molar-refractivity contribution in [1.82, 2.24) is 15.5 Å². The fourth-order valence-electron chi connectivity index (χ4n) is 2.57. The number of aliphatic hydroxyl groups excluding tert-OH is 1. The predicted octanol–water partition coefficient (Wildman–Crippen LogP) is 1.63. The Bertz CT molecular complexity index is 518. The van der Waals surface area contributed by atoms with Gasteiger partial charge in [-0.05, 0) is 24.5 Å². The Morgan fingerprint density at radius 1 is 1.50 bits per heavy atom. The number of benzene rings is 1. The molecule has 5 heteroatoms. The summed E-state index contributed by atoms with van der Waals surface area (Å²) < 4.78 is 0. The molecule has 2 amide bonds. The van der Waals surface area contributed by atoms with Gasteiger partial charge >= 0.3 is 6.03 Å². The molecule has 22 heavy (non-hydrogen) atoms. The van der Waals surface area contributed by atoms with Crippen LogP contribution in [0.25, 0.3) is 0 Å². The van der Waals surface area contributed by atoms with Crippen LogP contribution in [0.2, 0.25) is 0 Å². The second-order valence-electron chi connectivity index (χ2n) is 5.80. The van der Waals surface area contributed by atoms with E-state index in [-0.39, 0.29) is 18.2 Å². The van der Waals surface area contributed by atoms with Gasteiger partial charge in [0.05, 0.1) is 6.10 Å². The molecule has 0 aliphatic carbocycles. The summed E-state index contributed by atoms with van der Waals surface area (Å²) in [5, 5.41) is 15.3. The molecule has 1 aromatic carbocycles. The van der Waals surface area contributed by atoms with Gasteiger partial charge in [0.1, 0.15) is 0 Å². The molecule has 0 aromatic heterocycles. The van der Waals surface area contributed by atoms with Gasteiger partial charge in [-0.15, -0.1) is 6.58 Å². The first-order valence-electron chi connectivity index (χ1n) is 7.72. The third-order valence-corrected chi connectivity index (χ3v) is 3.91. The Labute approximate surface area is 132 Å². The maximum absolute atomic E-state index is 11.8. The molecule has 0 unspecified atom stereocenters. The van der Waals surface area contributed by atoms with E-state index in [1.165, 1.54) is 5.56 Å². The van der Waals surface area contributed by atoms with Crippen LogP contribution in [0.1, 0.15) is 24.5 Å². The fourth-order valence-corrected chi connectivity index (χ4v) is 2.57. The summed E-state index contributed by atoms with van der Waals surface area (Å²) >= 11 is 0. The van der Waals surface area contributed by atoms with Crippen LogP contribution in [0.3, 0.4) is 0 Å². The quantitative estimate of drug-likeness (QED) is 0.700. The monoisotopic (exact) mass is 303 g/mol. The van der Waals surface area contributed by atoms with E-state index in [9.17, 15) is 9.90 Å². The zero-order valence-corrected chi connectivity index (χ0v) is 13.1. The number of rotatable bonds is 6. The maximum atomic E-state index is 11.8. The molecule has 1 fully saturated rings. The van der Waals surface area contributed by atoms with E-state index < -0.39 is 0 Å². The summed E-state index contributed by atoms with van der Waals surface area (Å²) in [7, 11) is 0. The van der Waals surface area contributed by atoms with Crippen molar-refractivity contribution < 1.29 is 9.90 Å². The maximum Gasteiger partial charge on any atom is 0.315 e. The first kappa shape index (κ1) is 16.5. The summed E-state index contributed by atoms with van der Waals surface area (Å²) in [5.41, 5.74) is 2.29. The van der Waals surface area contributed by atoms with Gasteiger partial charge in [-0.1, -0.05) is 30.3 Å². The Hall–Kier alpha value is -1.85. The van der Waals surface area contributed by atoms with E-state index in [1.807, 2.05) is 25.1 Å². The number of hydrogen-bond donors (Lipinski definition) is 3. The molecule has 2 rings (SSSR count). The number of aliphatic hydroxyl groups is 1. The lowest BCUT2D eigenvalue weighted by Gasteiger charge is -2.18. The normalized spacial score (nSPS) is 19.6. The van der Waals surface area contributed by atoms with Crippen LogP contribution >= 0.6 is 0 Å². The summed E-state index contributed by atoms with van der Waals surface area (Å²) in [6, 6.07) is 7.83. The van der Waals surface area contributed by atoms with Gasteiger partial charge in [0.15, 0.2) is 0 Å². The van der Waals surface area contributed by atoms with Crippen LogP contribution in [-0.4, -0.2) is 41.3 Å². The number of likely N-dealkylation sites (tertiary alicyclic amines) is 1. The standard InChI is InChI=1S/C17H25N3O2/c1-3-13(2)19-17(22)18-10-14-6-4-5-7-15(14)11-20-9-8-16(21)12-20/h3-7,13,16,21H,1,8-12H2,2H3,(H2,18,19,22)/t13-,16-/m1/s1. The number of amides is 2. The molecule has 0 saturated carbocycles. The minimum Gasteiger partial charge on any atom is -0.392 e. The number of urea groups is 1. The van der Waals surface area contributed by atoms with Gasteiger partial charge in [0.2, 0.25) is 0 Å². The highest BCUT2D eigenvalue weighted by Crippen LogP contribution is 2.16. The Morgan fingerprint density at radius 3 is 2.86 bits per heavy atom. The molecule has 1 saturated heterocycles. The van der Waals surface area contributed by atoms with E-state index in [2.05, 4.69) is 28.2 Å². The molecule has 5 nitrogen and oxygen atoms in total. The molecule has 0 spiro atoms. The average Bonchev–Trinajstić information content (AvgIpc) is 2.91. The molecule has 0 bridgehead atoms. The smallest absolute Gasteiger partial charge is 0.315 e. The van der Waals surface area contributed by atoms with Crippen molar-refractivity contribution in [3.8, 4) is 0 Å². The van der Waals surface area contributed by atoms with Gasteiger partial charge in [-0.3, -0.25) is 4.90 Å². The summed E-state index contributed by atoms with van der Waals surface area (Å²) in [6.07, 6.45) is 2.31. The molecular formula is C17H25N3O2. The van der Waals surface area contributed by atoms with Gasteiger partial charge in [0.25, 0.3) is 0 Å². The predicted molar refractivity (Wildman–Crippen MR) is 87.4 cm³/mol. The third-order valence-electron chi connectivity index (χ3n) is 3.91. The molecule has 3 N–H and O–H groups in total. The second-order valence-corrected chi connectivity index (χ2v) is 5.80.